The van der Waals surface area contributed by atoms with Gasteiger partial charge in [0.25, 0.3) is 0 Å². The second kappa shape index (κ2) is 11.9. The van der Waals surface area contributed by atoms with E-state index in [1.165, 1.54) is 12.0 Å². The van der Waals surface area contributed by atoms with E-state index in [0.29, 0.717) is 12.1 Å². The van der Waals surface area contributed by atoms with E-state index in [1.54, 1.807) is 43.1 Å². The fourth-order valence-corrected chi connectivity index (χ4v) is 5.96. The smallest absolute Gasteiger partial charge is 0.184 e. The number of pyridine rings is 4. The van der Waals surface area contributed by atoms with Crippen LogP contribution in [0.2, 0.25) is 0 Å². The Kier molecular flexibility index (Phi) is 7.48. The molecule has 1 unspecified atom stereocenters. The van der Waals surface area contributed by atoms with E-state index in [4.69, 9.17) is 15.7 Å². The van der Waals surface area contributed by atoms with Crippen LogP contribution in [-0.4, -0.2) is 25.7 Å². The minimum Gasteiger partial charge on any atom is -0.321 e. The third kappa shape index (κ3) is 5.39. The van der Waals surface area contributed by atoms with Gasteiger partial charge >= 0.3 is 0 Å². The van der Waals surface area contributed by atoms with E-state index >= 15 is 0 Å². The van der Waals surface area contributed by atoms with Crippen molar-refractivity contribution in [3.05, 3.63) is 144 Å². The van der Waals surface area contributed by atoms with Gasteiger partial charge in [-0.3, -0.25) is 25.1 Å². The first-order chi connectivity index (χ1) is 21.6. The van der Waals surface area contributed by atoms with Gasteiger partial charge in [0.15, 0.2) is 5.78 Å². The van der Waals surface area contributed by atoms with Gasteiger partial charge < -0.3 is 5.73 Å². The summed E-state index contributed by atoms with van der Waals surface area (Å²) in [5, 5.41) is 4.41. The van der Waals surface area contributed by atoms with Gasteiger partial charge in [0.2, 0.25) is 0 Å². The Hall–Kier alpha value is -5.11. The van der Waals surface area contributed by atoms with E-state index in [1.807, 2.05) is 36.4 Å². The lowest BCUT2D eigenvalue weighted by Crippen LogP contribution is -2.43. The number of Topliss-reactive ketones (excluding diaryl/α,β-unsaturated/α-hetero) is 1. The molecule has 0 amide bonds. The number of carbonyl (C=O) groups is 1. The third-order valence-corrected chi connectivity index (χ3v) is 8.63. The highest BCUT2D eigenvalue weighted by Gasteiger charge is 2.34. The summed E-state index contributed by atoms with van der Waals surface area (Å²) in [6, 6.07) is 29.6. The first-order valence-corrected chi connectivity index (χ1v) is 14.9. The molecule has 7 nitrogen and oxygen atoms in total. The molecule has 1 saturated carbocycles. The summed E-state index contributed by atoms with van der Waals surface area (Å²) in [6.07, 6.45) is 11.7. The lowest BCUT2D eigenvalue weighted by atomic mass is 9.72. The van der Waals surface area contributed by atoms with Crippen LogP contribution < -0.4 is 11.1 Å². The summed E-state index contributed by atoms with van der Waals surface area (Å²) in [7, 11) is 0. The standard InChI is InChI=1S/C37H32N6O/c38-37(16-4-17-37)29-9-7-26(8-10-29)34-30(25-5-2-1-3-6-25)23-31-32(43-34)15-22-41-33(31)24-42-35(27-11-18-39-19-12-27)36(44)28-13-20-40-21-14-28/h1-3,5-15,18-23,35,42H,4,16-17,24,38H2. The summed E-state index contributed by atoms with van der Waals surface area (Å²) in [5.74, 6) is -0.0474. The Labute approximate surface area is 256 Å². The zero-order valence-corrected chi connectivity index (χ0v) is 24.2. The van der Waals surface area contributed by atoms with Gasteiger partial charge in [-0.2, -0.15) is 0 Å². The van der Waals surface area contributed by atoms with Crippen molar-refractivity contribution in [2.45, 2.75) is 37.4 Å². The number of hydrogen-bond acceptors (Lipinski definition) is 7. The number of nitrogens with zero attached hydrogens (tertiary/aromatic N) is 4. The monoisotopic (exact) mass is 576 g/mol. The Balaban J connectivity index is 1.27. The first-order valence-electron chi connectivity index (χ1n) is 14.9. The molecule has 4 heterocycles. The molecule has 1 atom stereocenters. The van der Waals surface area contributed by atoms with Crippen LogP contribution in [0.5, 0.6) is 0 Å². The van der Waals surface area contributed by atoms with Crippen LogP contribution in [-0.2, 0) is 12.1 Å². The molecule has 0 saturated heterocycles. The molecule has 0 radical (unpaired) electrons. The van der Waals surface area contributed by atoms with E-state index in [0.717, 1.165) is 57.4 Å². The van der Waals surface area contributed by atoms with Gasteiger partial charge in [0, 0.05) is 65.1 Å². The first kappa shape index (κ1) is 27.7. The zero-order valence-electron chi connectivity index (χ0n) is 24.2. The van der Waals surface area contributed by atoms with Crippen molar-refractivity contribution >= 4 is 16.7 Å². The van der Waals surface area contributed by atoms with Crippen molar-refractivity contribution in [2.24, 2.45) is 5.73 Å². The predicted molar refractivity (Wildman–Crippen MR) is 173 cm³/mol. The molecule has 4 aromatic heterocycles. The number of fused-ring (bicyclic) bond motifs is 1. The van der Waals surface area contributed by atoms with Crippen LogP contribution in [0, 0.1) is 0 Å². The largest absolute Gasteiger partial charge is 0.321 e. The Bertz CT molecular complexity index is 1910. The molecule has 216 valence electrons. The van der Waals surface area contributed by atoms with Crippen molar-refractivity contribution in [3.8, 4) is 22.4 Å². The third-order valence-electron chi connectivity index (χ3n) is 8.63. The van der Waals surface area contributed by atoms with Crippen molar-refractivity contribution < 1.29 is 4.79 Å². The zero-order chi connectivity index (χ0) is 29.9. The van der Waals surface area contributed by atoms with Gasteiger partial charge in [-0.1, -0.05) is 54.6 Å². The topological polar surface area (TPSA) is 107 Å². The summed E-state index contributed by atoms with van der Waals surface area (Å²) in [6.45, 7) is 0.365. The highest BCUT2D eigenvalue weighted by Crippen LogP contribution is 2.40. The lowest BCUT2D eigenvalue weighted by molar-refractivity contribution is 0.0941. The number of nitrogens with one attached hydrogen (secondary N) is 1. The number of benzene rings is 2. The van der Waals surface area contributed by atoms with E-state index in [9.17, 15) is 4.79 Å². The highest BCUT2D eigenvalue weighted by atomic mass is 16.1. The molecule has 3 N–H and O–H groups in total. The lowest BCUT2D eigenvalue weighted by Gasteiger charge is -2.38. The van der Waals surface area contributed by atoms with Gasteiger partial charge in [0.1, 0.15) is 0 Å². The normalized spacial score (nSPS) is 14.6. The number of nitrogens with two attached hydrogens (primary N) is 1. The molecular formula is C37H32N6O. The van der Waals surface area contributed by atoms with Crippen LogP contribution in [0.4, 0.5) is 0 Å². The molecule has 1 aliphatic rings. The molecule has 0 spiro atoms. The molecule has 1 aliphatic carbocycles. The Morgan fingerprint density at radius 1 is 0.818 bits per heavy atom. The van der Waals surface area contributed by atoms with E-state index in [2.05, 4.69) is 57.7 Å². The molecule has 7 heteroatoms. The second-order valence-electron chi connectivity index (χ2n) is 11.4. The Morgan fingerprint density at radius 2 is 1.52 bits per heavy atom. The maximum Gasteiger partial charge on any atom is 0.184 e. The summed E-state index contributed by atoms with van der Waals surface area (Å²) in [4.78, 5) is 31.8. The van der Waals surface area contributed by atoms with Crippen LogP contribution in [0.3, 0.4) is 0 Å². The van der Waals surface area contributed by atoms with Crippen molar-refractivity contribution in [1.29, 1.82) is 0 Å². The van der Waals surface area contributed by atoms with Crippen molar-refractivity contribution in [1.82, 2.24) is 25.3 Å². The van der Waals surface area contributed by atoms with Crippen molar-refractivity contribution in [2.75, 3.05) is 0 Å². The van der Waals surface area contributed by atoms with E-state index < -0.39 is 6.04 Å². The molecule has 44 heavy (non-hydrogen) atoms. The van der Waals surface area contributed by atoms with Gasteiger partial charge in [-0.15, -0.1) is 0 Å². The molecule has 1 fully saturated rings. The van der Waals surface area contributed by atoms with E-state index in [-0.39, 0.29) is 11.3 Å². The number of hydrogen-bond donors (Lipinski definition) is 2. The average Bonchev–Trinajstić information content (AvgIpc) is 3.08. The minimum absolute atomic E-state index is 0.0474. The second-order valence-corrected chi connectivity index (χ2v) is 11.4. The quantitative estimate of drug-likeness (QED) is 0.182. The van der Waals surface area contributed by atoms with Gasteiger partial charge in [-0.05, 0) is 72.4 Å². The summed E-state index contributed by atoms with van der Waals surface area (Å²) < 4.78 is 0. The van der Waals surface area contributed by atoms with Crippen molar-refractivity contribution in [3.63, 3.8) is 0 Å². The number of ketones is 1. The number of aromatic nitrogens is 4. The molecule has 0 bridgehead atoms. The Morgan fingerprint density at radius 3 is 2.20 bits per heavy atom. The minimum atomic E-state index is -0.585. The molecule has 0 aliphatic heterocycles. The van der Waals surface area contributed by atoms with Gasteiger partial charge in [-0.25, -0.2) is 4.98 Å². The molecule has 7 rings (SSSR count). The van der Waals surface area contributed by atoms with Crippen LogP contribution in [0.15, 0.2) is 122 Å². The van der Waals surface area contributed by atoms with Crippen LogP contribution in [0.1, 0.15) is 52.5 Å². The average molecular weight is 577 g/mol. The fraction of sp³-hybridized carbons (Fsp3) is 0.162. The van der Waals surface area contributed by atoms with Gasteiger partial charge in [0.05, 0.1) is 22.9 Å². The summed E-state index contributed by atoms with van der Waals surface area (Å²) >= 11 is 0. The molecule has 6 aromatic rings. The van der Waals surface area contributed by atoms with Crippen LogP contribution in [0.25, 0.3) is 33.3 Å². The predicted octanol–water partition coefficient (Wildman–Crippen LogP) is 6.81. The summed E-state index contributed by atoms with van der Waals surface area (Å²) in [5.41, 5.74) is 14.7. The maximum absolute atomic E-state index is 13.6. The SMILES string of the molecule is NC1(c2ccc(-c3nc4ccnc(CNC(C(=O)c5ccncc5)c5ccncc5)c4cc3-c3ccccc3)cc2)CCC1. The fourth-order valence-electron chi connectivity index (χ4n) is 5.96. The maximum atomic E-state index is 13.6. The molecular weight excluding hydrogens is 544 g/mol. The number of rotatable bonds is 9. The van der Waals surface area contributed by atoms with Crippen LogP contribution >= 0.6 is 0 Å². The number of carbonyl (C=O) groups excluding carboxylic acids is 1. The molecule has 2 aromatic carbocycles. The highest BCUT2D eigenvalue weighted by molar-refractivity contribution is 6.00.